The number of carboxylic acid groups (broad SMARTS) is 1. The lowest BCUT2D eigenvalue weighted by Gasteiger charge is -2.32. The van der Waals surface area contributed by atoms with E-state index in [0.29, 0.717) is 0 Å². The quantitative estimate of drug-likeness (QED) is 0.737. The summed E-state index contributed by atoms with van der Waals surface area (Å²) in [5.41, 5.74) is 0.0898. The van der Waals surface area contributed by atoms with E-state index in [1.165, 1.54) is 0 Å². The minimum Gasteiger partial charge on any atom is -0.481 e. The van der Waals surface area contributed by atoms with Crippen molar-refractivity contribution in [2.24, 2.45) is 17.3 Å². The smallest absolute Gasteiger partial charge is 0.306 e. The van der Waals surface area contributed by atoms with Crippen LogP contribution in [-0.4, -0.2) is 11.1 Å². The highest BCUT2D eigenvalue weighted by molar-refractivity contribution is 5.69. The molecule has 13 heavy (non-hydrogen) atoms. The largest absolute Gasteiger partial charge is 0.481 e. The molecule has 0 fully saturated rings. The maximum Gasteiger partial charge on any atom is 0.306 e. The monoisotopic (exact) mass is 188 g/mol. The molecule has 2 nitrogen and oxygen atoms in total. The van der Waals surface area contributed by atoms with E-state index >= 15 is 0 Å². The molecule has 0 rings (SSSR count). The van der Waals surface area contributed by atoms with Gasteiger partial charge in [0, 0.05) is 0 Å². The zero-order chi connectivity index (χ0) is 9.94. The Morgan fingerprint density at radius 3 is 1.85 bits per heavy atom. The van der Waals surface area contributed by atoms with Crippen molar-refractivity contribution in [2.75, 3.05) is 0 Å². The third-order valence-corrected chi connectivity index (χ3v) is 2.55. The molecule has 0 aromatic rings. The van der Waals surface area contributed by atoms with Crippen LogP contribution in [0, 0.1) is 17.3 Å². The molecule has 0 saturated heterocycles. The van der Waals surface area contributed by atoms with Crippen molar-refractivity contribution in [1.82, 2.24) is 0 Å². The summed E-state index contributed by atoms with van der Waals surface area (Å²) in [6, 6.07) is 0. The minimum absolute atomic E-state index is 0. The fraction of sp³-hybridized carbons (Fsp3) is 0.909. The average molecular weight is 188 g/mol. The highest BCUT2D eigenvalue weighted by Crippen LogP contribution is 2.34. The molecule has 1 N–H and O–H groups in total. The number of carbonyl (C=O) groups is 1. The zero-order valence-electron chi connectivity index (χ0n) is 8.72. The Morgan fingerprint density at radius 2 is 1.77 bits per heavy atom. The number of carboxylic acids is 1. The summed E-state index contributed by atoms with van der Waals surface area (Å²) >= 11 is 0. The first-order valence-electron chi connectivity index (χ1n) is 4.53. The van der Waals surface area contributed by atoms with Crippen molar-refractivity contribution in [3.8, 4) is 0 Å². The number of rotatable bonds is 3. The highest BCUT2D eigenvalue weighted by Gasteiger charge is 2.31. The molecule has 0 aromatic heterocycles. The Hall–Kier alpha value is -0.530. The van der Waals surface area contributed by atoms with E-state index in [9.17, 15) is 4.79 Å². The standard InChI is InChI=1S/C10H20O2.CH4/c1-6-8(10(3,4)5)7(2)9(11)12;/h7-8H,6H2,1-5H3,(H,11,12);1H4. The Morgan fingerprint density at radius 1 is 1.38 bits per heavy atom. The van der Waals surface area contributed by atoms with E-state index in [-0.39, 0.29) is 24.7 Å². The lowest BCUT2D eigenvalue weighted by molar-refractivity contribution is -0.144. The molecule has 0 spiro atoms. The van der Waals surface area contributed by atoms with Crippen molar-refractivity contribution in [3.63, 3.8) is 0 Å². The van der Waals surface area contributed by atoms with Gasteiger partial charge in [-0.25, -0.2) is 0 Å². The molecule has 0 radical (unpaired) electrons. The van der Waals surface area contributed by atoms with Gasteiger partial charge < -0.3 is 5.11 Å². The van der Waals surface area contributed by atoms with Crippen LogP contribution >= 0.6 is 0 Å². The van der Waals surface area contributed by atoms with Crippen LogP contribution in [-0.2, 0) is 4.79 Å². The number of hydrogen-bond acceptors (Lipinski definition) is 1. The molecule has 0 saturated carbocycles. The first-order valence-corrected chi connectivity index (χ1v) is 4.53. The second-order valence-corrected chi connectivity index (χ2v) is 4.51. The molecule has 80 valence electrons. The number of hydrogen-bond donors (Lipinski definition) is 1. The topological polar surface area (TPSA) is 37.3 Å². The summed E-state index contributed by atoms with van der Waals surface area (Å²) in [4.78, 5) is 10.7. The Kier molecular flexibility index (Phi) is 6.05. The second-order valence-electron chi connectivity index (χ2n) is 4.51. The fourth-order valence-electron chi connectivity index (χ4n) is 1.89. The Bertz CT molecular complexity index is 156. The van der Waals surface area contributed by atoms with E-state index in [1.807, 2.05) is 0 Å². The lowest BCUT2D eigenvalue weighted by Crippen LogP contribution is -2.30. The van der Waals surface area contributed by atoms with Crippen LogP contribution in [0.15, 0.2) is 0 Å². The van der Waals surface area contributed by atoms with E-state index in [2.05, 4.69) is 27.7 Å². The SMILES string of the molecule is C.CCC(C(C)C(=O)O)C(C)(C)C. The van der Waals surface area contributed by atoms with E-state index in [1.54, 1.807) is 6.92 Å². The Labute approximate surface area is 82.4 Å². The molecule has 0 aliphatic carbocycles. The maximum absolute atomic E-state index is 10.7. The molecule has 0 bridgehead atoms. The van der Waals surface area contributed by atoms with Crippen LogP contribution in [0.5, 0.6) is 0 Å². The molecule has 0 aliphatic heterocycles. The summed E-state index contributed by atoms with van der Waals surface area (Å²) in [5, 5.41) is 8.85. The van der Waals surface area contributed by atoms with Gasteiger partial charge in [-0.15, -0.1) is 0 Å². The van der Waals surface area contributed by atoms with Gasteiger partial charge in [-0.2, -0.15) is 0 Å². The molecule has 2 unspecified atom stereocenters. The fourth-order valence-corrected chi connectivity index (χ4v) is 1.89. The third kappa shape index (κ3) is 4.30. The molecular weight excluding hydrogens is 164 g/mol. The van der Waals surface area contributed by atoms with Crippen LogP contribution in [0.2, 0.25) is 0 Å². The van der Waals surface area contributed by atoms with Gasteiger partial charge in [-0.05, 0) is 11.3 Å². The zero-order valence-corrected chi connectivity index (χ0v) is 8.72. The molecule has 0 amide bonds. The predicted molar refractivity (Wildman–Crippen MR) is 56.8 cm³/mol. The van der Waals surface area contributed by atoms with Crippen molar-refractivity contribution >= 4 is 5.97 Å². The van der Waals surface area contributed by atoms with Gasteiger partial charge in [0.05, 0.1) is 5.92 Å². The first-order chi connectivity index (χ1) is 5.30. The van der Waals surface area contributed by atoms with Crippen LogP contribution < -0.4 is 0 Å². The second kappa shape index (κ2) is 5.25. The van der Waals surface area contributed by atoms with Crippen molar-refractivity contribution in [2.45, 2.75) is 48.5 Å². The Balaban J connectivity index is 0. The third-order valence-electron chi connectivity index (χ3n) is 2.55. The molecular formula is C11H24O2. The predicted octanol–water partition coefficient (Wildman–Crippen LogP) is 3.42. The van der Waals surface area contributed by atoms with Crippen molar-refractivity contribution in [3.05, 3.63) is 0 Å². The lowest BCUT2D eigenvalue weighted by atomic mass is 9.72. The van der Waals surface area contributed by atoms with Gasteiger partial charge in [-0.3, -0.25) is 4.79 Å². The highest BCUT2D eigenvalue weighted by atomic mass is 16.4. The van der Waals surface area contributed by atoms with Gasteiger partial charge in [0.2, 0.25) is 0 Å². The number of aliphatic carboxylic acids is 1. The molecule has 2 heteroatoms. The molecule has 0 aromatic carbocycles. The van der Waals surface area contributed by atoms with Gasteiger partial charge in [0.1, 0.15) is 0 Å². The summed E-state index contributed by atoms with van der Waals surface area (Å²) < 4.78 is 0. The van der Waals surface area contributed by atoms with Crippen molar-refractivity contribution in [1.29, 1.82) is 0 Å². The average Bonchev–Trinajstić information content (AvgIpc) is 1.85. The normalized spacial score (nSPS) is 15.8. The van der Waals surface area contributed by atoms with Gasteiger partial charge in [0.25, 0.3) is 0 Å². The maximum atomic E-state index is 10.7. The summed E-state index contributed by atoms with van der Waals surface area (Å²) in [5.74, 6) is -0.665. The molecule has 2 atom stereocenters. The van der Waals surface area contributed by atoms with Gasteiger partial charge >= 0.3 is 5.97 Å². The van der Waals surface area contributed by atoms with Gasteiger partial charge in [0.15, 0.2) is 0 Å². The van der Waals surface area contributed by atoms with Crippen LogP contribution in [0.3, 0.4) is 0 Å². The minimum atomic E-state index is -0.684. The summed E-state index contributed by atoms with van der Waals surface area (Å²) in [6.07, 6.45) is 0.928. The first kappa shape index (κ1) is 15.0. The van der Waals surface area contributed by atoms with Crippen molar-refractivity contribution < 1.29 is 9.90 Å². The summed E-state index contributed by atoms with van der Waals surface area (Å²) in [6.45, 7) is 10.1. The summed E-state index contributed by atoms with van der Waals surface area (Å²) in [7, 11) is 0. The van der Waals surface area contributed by atoms with E-state index in [4.69, 9.17) is 5.11 Å². The molecule has 0 aliphatic rings. The van der Waals surface area contributed by atoms with Crippen LogP contribution in [0.4, 0.5) is 0 Å². The van der Waals surface area contributed by atoms with Crippen LogP contribution in [0.1, 0.15) is 48.5 Å². The van der Waals surface area contributed by atoms with E-state index in [0.717, 1.165) is 6.42 Å². The van der Waals surface area contributed by atoms with Gasteiger partial charge in [-0.1, -0.05) is 48.5 Å². The van der Waals surface area contributed by atoms with E-state index < -0.39 is 5.97 Å². The van der Waals surface area contributed by atoms with Crippen LogP contribution in [0.25, 0.3) is 0 Å². The molecule has 0 heterocycles.